The Morgan fingerprint density at radius 2 is 1.11 bits per heavy atom. The van der Waals surface area contributed by atoms with Crippen molar-refractivity contribution >= 4 is 47.1 Å². The standard InChI is InChI=1S/C26H24N2O8.C14H18O4/c1-13(28-24(32)19-7-5-16(15(3)29)9-21(19)25(28)33)12-36-14(2)11-27-22(30)18-8-6-17(26(34)35-4)10-20(18)23(27)31;1-11(15)12-5-7-13(8-6-12)14(16)18-10-4-3-9-17-2/h5-10,13-14H,11-12H2,1-4H3;5-8H,3-4,9-10H2,1-2H3. The molecule has 54 heavy (non-hydrogen) atoms. The summed E-state index contributed by atoms with van der Waals surface area (Å²) < 4.78 is 20.4. The number of hydrogen-bond acceptors (Lipinski definition) is 12. The van der Waals surface area contributed by atoms with Gasteiger partial charge in [0.2, 0.25) is 0 Å². The van der Waals surface area contributed by atoms with Gasteiger partial charge in [-0.2, -0.15) is 0 Å². The summed E-state index contributed by atoms with van der Waals surface area (Å²) in [5, 5.41) is 0. The fourth-order valence-corrected chi connectivity index (χ4v) is 5.71. The third kappa shape index (κ3) is 9.38. The van der Waals surface area contributed by atoms with Crippen molar-refractivity contribution < 1.29 is 57.3 Å². The molecule has 0 radical (unpaired) electrons. The largest absolute Gasteiger partial charge is 0.465 e. The molecule has 0 saturated heterocycles. The number of ketones is 2. The molecule has 0 N–H and O–H groups in total. The molecule has 14 heteroatoms. The van der Waals surface area contributed by atoms with Crippen LogP contribution in [0.1, 0.15) is 123 Å². The Kier molecular flexibility index (Phi) is 13.8. The normalized spacial score (nSPS) is 14.2. The number of unbranched alkanes of at least 4 members (excludes halogenated alkanes) is 1. The minimum atomic E-state index is -0.634. The van der Waals surface area contributed by atoms with Crippen LogP contribution in [0.4, 0.5) is 0 Å². The molecule has 14 nitrogen and oxygen atoms in total. The summed E-state index contributed by atoms with van der Waals surface area (Å²) in [4.78, 5) is 99.4. The Balaban J connectivity index is 0.000000304. The number of imide groups is 2. The molecule has 5 rings (SSSR count). The molecule has 4 amide bonds. The summed E-state index contributed by atoms with van der Waals surface area (Å²) in [5.74, 6) is -3.25. The topological polar surface area (TPSA) is 180 Å². The van der Waals surface area contributed by atoms with Gasteiger partial charge in [0.15, 0.2) is 11.6 Å². The number of carbonyl (C=O) groups excluding carboxylic acids is 8. The summed E-state index contributed by atoms with van der Waals surface area (Å²) >= 11 is 0. The zero-order chi connectivity index (χ0) is 39.7. The number of Topliss-reactive ketones (excluding diaryl/α,β-unsaturated/α-hetero) is 2. The van der Waals surface area contributed by atoms with Crippen LogP contribution in [0.15, 0.2) is 60.7 Å². The molecule has 2 atom stereocenters. The van der Waals surface area contributed by atoms with E-state index in [4.69, 9.17) is 14.2 Å². The predicted molar refractivity (Wildman–Crippen MR) is 193 cm³/mol. The minimum absolute atomic E-state index is 0.0190. The molecule has 3 aromatic carbocycles. The first-order chi connectivity index (χ1) is 25.7. The number of esters is 2. The number of benzene rings is 3. The predicted octanol–water partition coefficient (Wildman–Crippen LogP) is 4.83. The Hall–Kier alpha value is -5.86. The van der Waals surface area contributed by atoms with E-state index in [2.05, 4.69) is 4.74 Å². The summed E-state index contributed by atoms with van der Waals surface area (Å²) in [7, 11) is 2.86. The molecule has 2 aliphatic heterocycles. The van der Waals surface area contributed by atoms with Crippen molar-refractivity contribution in [1.82, 2.24) is 9.80 Å². The molecular weight excluding hydrogens is 700 g/mol. The Morgan fingerprint density at radius 1 is 0.611 bits per heavy atom. The smallest absolute Gasteiger partial charge is 0.338 e. The molecule has 0 aliphatic carbocycles. The third-order valence-electron chi connectivity index (χ3n) is 8.72. The summed E-state index contributed by atoms with van der Waals surface area (Å²) in [5.41, 5.74) is 2.25. The highest BCUT2D eigenvalue weighted by molar-refractivity contribution is 6.23. The van der Waals surface area contributed by atoms with E-state index >= 15 is 0 Å². The molecule has 2 aliphatic rings. The van der Waals surface area contributed by atoms with Crippen LogP contribution in [-0.2, 0) is 18.9 Å². The zero-order valence-electron chi connectivity index (χ0n) is 31.0. The first kappa shape index (κ1) is 40.9. The number of methoxy groups -OCH3 is 2. The van der Waals surface area contributed by atoms with E-state index < -0.39 is 41.7 Å². The highest BCUT2D eigenvalue weighted by Gasteiger charge is 2.40. The van der Waals surface area contributed by atoms with E-state index in [0.29, 0.717) is 29.9 Å². The van der Waals surface area contributed by atoms with Crippen molar-refractivity contribution in [3.05, 3.63) is 105 Å². The zero-order valence-corrected chi connectivity index (χ0v) is 31.0. The van der Waals surface area contributed by atoms with Crippen molar-refractivity contribution in [3.8, 4) is 0 Å². The van der Waals surface area contributed by atoms with Crippen LogP contribution in [0, 0.1) is 0 Å². The van der Waals surface area contributed by atoms with Gasteiger partial charge in [0.05, 0.1) is 72.4 Å². The second-order valence-corrected chi connectivity index (χ2v) is 12.7. The van der Waals surface area contributed by atoms with Gasteiger partial charge in [-0.05, 0) is 83.0 Å². The van der Waals surface area contributed by atoms with Crippen LogP contribution < -0.4 is 0 Å². The first-order valence-corrected chi connectivity index (χ1v) is 17.2. The quantitative estimate of drug-likeness (QED) is 0.0897. The van der Waals surface area contributed by atoms with E-state index in [1.807, 2.05) is 0 Å². The van der Waals surface area contributed by atoms with Gasteiger partial charge in [0, 0.05) is 24.8 Å². The molecule has 0 spiro atoms. The highest BCUT2D eigenvalue weighted by Crippen LogP contribution is 2.27. The maximum Gasteiger partial charge on any atom is 0.338 e. The SMILES string of the molecule is COC(=O)c1ccc2c(c1)C(=O)N(CC(C)OCC(C)N1C(=O)c3ccc(C(C)=O)cc3C1=O)C2=O.COCCCCOC(=O)c1ccc(C(C)=O)cc1. The molecule has 0 aromatic heterocycles. The van der Waals surface area contributed by atoms with Crippen molar-refractivity contribution in [2.24, 2.45) is 0 Å². The minimum Gasteiger partial charge on any atom is -0.465 e. The molecule has 0 bridgehead atoms. The van der Waals surface area contributed by atoms with Gasteiger partial charge < -0.3 is 18.9 Å². The molecule has 0 fully saturated rings. The summed E-state index contributed by atoms with van der Waals surface area (Å²) in [6, 6.07) is 14.4. The fraction of sp³-hybridized carbons (Fsp3) is 0.350. The second-order valence-electron chi connectivity index (χ2n) is 12.7. The Bertz CT molecular complexity index is 1970. The van der Waals surface area contributed by atoms with Gasteiger partial charge in [0.1, 0.15) is 0 Å². The van der Waals surface area contributed by atoms with Crippen molar-refractivity contribution in [1.29, 1.82) is 0 Å². The molecule has 284 valence electrons. The number of nitrogens with zero attached hydrogens (tertiary/aromatic N) is 2. The van der Waals surface area contributed by atoms with Gasteiger partial charge in [-0.1, -0.05) is 18.2 Å². The van der Waals surface area contributed by atoms with Crippen LogP contribution in [-0.4, -0.2) is 110 Å². The lowest BCUT2D eigenvalue weighted by molar-refractivity contribution is 0.0101. The third-order valence-corrected chi connectivity index (χ3v) is 8.72. The van der Waals surface area contributed by atoms with Gasteiger partial charge >= 0.3 is 11.9 Å². The average Bonchev–Trinajstić information content (AvgIpc) is 3.56. The Labute approximate surface area is 312 Å². The van der Waals surface area contributed by atoms with Crippen molar-refractivity contribution in [2.45, 2.75) is 52.7 Å². The van der Waals surface area contributed by atoms with Crippen molar-refractivity contribution in [2.75, 3.05) is 40.6 Å². The highest BCUT2D eigenvalue weighted by atomic mass is 16.5. The average molecular weight is 743 g/mol. The molecule has 2 unspecified atom stereocenters. The first-order valence-electron chi connectivity index (χ1n) is 17.2. The summed E-state index contributed by atoms with van der Waals surface area (Å²) in [6.45, 7) is 7.16. The number of rotatable bonds is 15. The van der Waals surface area contributed by atoms with Gasteiger partial charge in [-0.3, -0.25) is 38.6 Å². The number of fused-ring (bicyclic) bond motifs is 2. The number of hydrogen-bond donors (Lipinski definition) is 0. The van der Waals surface area contributed by atoms with Crippen LogP contribution in [0.25, 0.3) is 0 Å². The van der Waals surface area contributed by atoms with E-state index in [0.717, 1.165) is 22.6 Å². The number of amides is 4. The number of ether oxygens (including phenoxy) is 4. The molecule has 2 heterocycles. The molecular formula is C40H42N2O12. The fourth-order valence-electron chi connectivity index (χ4n) is 5.71. The van der Waals surface area contributed by atoms with Gasteiger partial charge in [0.25, 0.3) is 23.6 Å². The van der Waals surface area contributed by atoms with Gasteiger partial charge in [-0.15, -0.1) is 0 Å². The number of carbonyl (C=O) groups is 8. The lowest BCUT2D eigenvalue weighted by Gasteiger charge is -2.25. The van der Waals surface area contributed by atoms with E-state index in [1.54, 1.807) is 45.2 Å². The van der Waals surface area contributed by atoms with Gasteiger partial charge in [-0.25, -0.2) is 9.59 Å². The maximum atomic E-state index is 12.9. The van der Waals surface area contributed by atoms with Crippen LogP contribution >= 0.6 is 0 Å². The van der Waals surface area contributed by atoms with Crippen molar-refractivity contribution in [3.63, 3.8) is 0 Å². The monoisotopic (exact) mass is 742 g/mol. The Morgan fingerprint density at radius 3 is 1.72 bits per heavy atom. The molecule has 0 saturated carbocycles. The lowest BCUT2D eigenvalue weighted by Crippen LogP contribution is -2.43. The van der Waals surface area contributed by atoms with E-state index in [-0.39, 0.29) is 58.5 Å². The van der Waals surface area contributed by atoms with Crippen LogP contribution in [0.2, 0.25) is 0 Å². The molecule has 3 aromatic rings. The van der Waals surface area contributed by atoms with E-state index in [9.17, 15) is 38.4 Å². The maximum absolute atomic E-state index is 12.9. The summed E-state index contributed by atoms with van der Waals surface area (Å²) in [6.07, 6.45) is 1.05. The van der Waals surface area contributed by atoms with E-state index in [1.165, 1.54) is 57.4 Å². The second kappa shape index (κ2) is 18.3. The van der Waals surface area contributed by atoms with Crippen LogP contribution in [0.5, 0.6) is 0 Å². The lowest BCUT2D eigenvalue weighted by atomic mass is 10.0. The van der Waals surface area contributed by atoms with Crippen LogP contribution in [0.3, 0.4) is 0 Å².